The predicted octanol–water partition coefficient (Wildman–Crippen LogP) is -6.83. The van der Waals surface area contributed by atoms with E-state index in [-0.39, 0.29) is 46.1 Å². The molecule has 122 valence electrons. The van der Waals surface area contributed by atoms with Gasteiger partial charge in [0.25, 0.3) is 0 Å². The van der Waals surface area contributed by atoms with Crippen LogP contribution in [0.15, 0.2) is 0 Å². The van der Waals surface area contributed by atoms with Crippen molar-refractivity contribution in [1.82, 2.24) is 0 Å². The monoisotopic (exact) mass is 344 g/mol. The van der Waals surface area contributed by atoms with Gasteiger partial charge in [0, 0.05) is 37.0 Å². The maximum Gasteiger partial charge on any atom is 2.00 e. The van der Waals surface area contributed by atoms with Crippen LogP contribution in [0.25, 0.3) is 0 Å². The largest absolute Gasteiger partial charge is 2.00 e. The van der Waals surface area contributed by atoms with Gasteiger partial charge in [-0.25, -0.2) is 0 Å². The summed E-state index contributed by atoms with van der Waals surface area (Å²) in [6.45, 7) is 5.08. The van der Waals surface area contributed by atoms with Gasteiger partial charge in [-0.3, -0.25) is 0 Å². The van der Waals surface area contributed by atoms with Crippen LogP contribution in [0.5, 0.6) is 0 Å². The van der Waals surface area contributed by atoms with E-state index in [1.165, 1.54) is 0 Å². The van der Waals surface area contributed by atoms with Crippen LogP contribution in [-0.2, 0) is 19.2 Å². The SMILES string of the molecule is CC(=O)[O-].CC(=O)[O-].CC(=O)[O-].CC(=O)[O-].NCCN.[Mg+2].[Mg+2]. The van der Waals surface area contributed by atoms with E-state index in [2.05, 4.69) is 0 Å². The van der Waals surface area contributed by atoms with Crippen molar-refractivity contribution in [2.45, 2.75) is 27.7 Å². The summed E-state index contributed by atoms with van der Waals surface area (Å²) in [5.41, 5.74) is 9.81. The Morgan fingerprint density at radius 2 is 0.636 bits per heavy atom. The molecule has 0 heterocycles. The summed E-state index contributed by atoms with van der Waals surface area (Å²) in [5, 5.41) is 35.6. The molecule has 0 aliphatic rings. The molecule has 0 spiro atoms. The molecule has 0 aliphatic carbocycles. The van der Waals surface area contributed by atoms with Crippen LogP contribution in [0.4, 0.5) is 0 Å². The van der Waals surface area contributed by atoms with E-state index < -0.39 is 23.9 Å². The summed E-state index contributed by atoms with van der Waals surface area (Å²) in [6.07, 6.45) is 0. The zero-order valence-corrected chi connectivity index (χ0v) is 16.1. The van der Waals surface area contributed by atoms with Gasteiger partial charge in [-0.05, 0) is 27.7 Å². The molecule has 0 atom stereocenters. The van der Waals surface area contributed by atoms with Gasteiger partial charge in [0.05, 0.1) is 0 Å². The van der Waals surface area contributed by atoms with Gasteiger partial charge in [0.15, 0.2) is 0 Å². The van der Waals surface area contributed by atoms with E-state index in [4.69, 9.17) is 51.1 Å². The molecule has 0 aromatic carbocycles. The molecule has 0 aromatic rings. The number of carbonyl (C=O) groups excluding carboxylic acids is 4. The maximum absolute atomic E-state index is 8.89. The molecule has 0 fully saturated rings. The van der Waals surface area contributed by atoms with Crippen molar-refractivity contribution in [2.24, 2.45) is 11.5 Å². The molecule has 0 radical (unpaired) electrons. The molecule has 10 nitrogen and oxygen atoms in total. The first-order chi connectivity index (χ1) is 8.84. The van der Waals surface area contributed by atoms with Gasteiger partial charge < -0.3 is 51.1 Å². The Balaban J connectivity index is -0.0000000250. The smallest absolute Gasteiger partial charge is 0.550 e. The van der Waals surface area contributed by atoms with Crippen LogP contribution in [-0.4, -0.2) is 83.1 Å². The van der Waals surface area contributed by atoms with Crippen LogP contribution < -0.4 is 31.9 Å². The first-order valence-electron chi connectivity index (χ1n) is 4.95. The molecule has 0 saturated carbocycles. The van der Waals surface area contributed by atoms with Crippen LogP contribution in [0, 0.1) is 0 Å². The predicted molar refractivity (Wildman–Crippen MR) is 72.3 cm³/mol. The molecule has 0 bridgehead atoms. The molecule has 12 heteroatoms. The van der Waals surface area contributed by atoms with Gasteiger partial charge in [-0.2, -0.15) is 0 Å². The van der Waals surface area contributed by atoms with E-state index in [0.29, 0.717) is 13.1 Å². The molecule has 0 saturated heterocycles. The minimum absolute atomic E-state index is 0. The molecular formula is C10H20Mg2N2O8. The molecule has 0 aromatic heterocycles. The van der Waals surface area contributed by atoms with Crippen molar-refractivity contribution in [3.8, 4) is 0 Å². The average Bonchev–Trinajstić information content (AvgIpc) is 2.13. The van der Waals surface area contributed by atoms with Gasteiger partial charge >= 0.3 is 46.1 Å². The third-order valence-electron chi connectivity index (χ3n) is 0.167. The Labute approximate surface area is 161 Å². The van der Waals surface area contributed by atoms with Crippen molar-refractivity contribution in [3.05, 3.63) is 0 Å². The van der Waals surface area contributed by atoms with E-state index in [0.717, 1.165) is 27.7 Å². The Kier molecular flexibility index (Phi) is 83.4. The number of carboxylic acid groups (broad SMARTS) is 4. The summed E-state index contributed by atoms with van der Waals surface area (Å²) in [6, 6.07) is 0. The summed E-state index contributed by atoms with van der Waals surface area (Å²) >= 11 is 0. The second-order valence-electron chi connectivity index (χ2n) is 2.54. The van der Waals surface area contributed by atoms with Crippen molar-refractivity contribution in [2.75, 3.05) is 13.1 Å². The van der Waals surface area contributed by atoms with Crippen LogP contribution in [0.1, 0.15) is 27.7 Å². The Bertz CT molecular complexity index is 199. The van der Waals surface area contributed by atoms with E-state index in [9.17, 15) is 0 Å². The summed E-state index contributed by atoms with van der Waals surface area (Å²) in [7, 11) is 0. The molecule has 4 N–H and O–H groups in total. The number of carboxylic acids is 4. The van der Waals surface area contributed by atoms with Crippen LogP contribution in [0.3, 0.4) is 0 Å². The number of aliphatic carboxylic acids is 4. The Morgan fingerprint density at radius 3 is 0.636 bits per heavy atom. The van der Waals surface area contributed by atoms with E-state index in [1.807, 2.05) is 0 Å². The van der Waals surface area contributed by atoms with Crippen LogP contribution in [0.2, 0.25) is 0 Å². The van der Waals surface area contributed by atoms with Crippen molar-refractivity contribution in [3.63, 3.8) is 0 Å². The Morgan fingerprint density at radius 1 is 0.591 bits per heavy atom. The normalized spacial score (nSPS) is 5.91. The summed E-state index contributed by atoms with van der Waals surface area (Å²) in [4.78, 5) is 35.6. The third kappa shape index (κ3) is 58800. The quantitative estimate of drug-likeness (QED) is 0.428. The first kappa shape index (κ1) is 42.9. The first-order valence-corrected chi connectivity index (χ1v) is 4.95. The molecular weight excluding hydrogens is 325 g/mol. The second kappa shape index (κ2) is 42.8. The Hall–Kier alpha value is -0.668. The van der Waals surface area contributed by atoms with Crippen molar-refractivity contribution >= 4 is 70.0 Å². The minimum Gasteiger partial charge on any atom is -0.550 e. The van der Waals surface area contributed by atoms with Gasteiger partial charge in [0.2, 0.25) is 0 Å². The maximum atomic E-state index is 8.89. The number of rotatable bonds is 1. The zero-order valence-electron chi connectivity index (χ0n) is 13.2. The van der Waals surface area contributed by atoms with Crippen LogP contribution >= 0.6 is 0 Å². The third-order valence-corrected chi connectivity index (χ3v) is 0.167. The van der Waals surface area contributed by atoms with E-state index in [1.54, 1.807) is 0 Å². The van der Waals surface area contributed by atoms with Gasteiger partial charge in [0.1, 0.15) is 0 Å². The zero-order chi connectivity index (χ0) is 17.7. The topological polar surface area (TPSA) is 213 Å². The fraction of sp³-hybridized carbons (Fsp3) is 0.600. The molecule has 22 heavy (non-hydrogen) atoms. The van der Waals surface area contributed by atoms with Gasteiger partial charge in [-0.1, -0.05) is 0 Å². The van der Waals surface area contributed by atoms with Gasteiger partial charge in [-0.15, -0.1) is 0 Å². The number of carbonyl (C=O) groups is 4. The molecule has 0 rings (SSSR count). The standard InChI is InChI=1S/C2H8N2.4C2H4O2.2Mg/c3-1-2-4;4*1-2(3)4;;/h1-4H2;4*1H3,(H,3,4);;/q;;;;;2*+2/p-4. The minimum atomic E-state index is -1.08. The summed E-state index contributed by atoms with van der Waals surface area (Å²) < 4.78 is 0. The van der Waals surface area contributed by atoms with Crippen molar-refractivity contribution < 1.29 is 39.6 Å². The fourth-order valence-corrected chi connectivity index (χ4v) is 0. The number of hydrogen-bond acceptors (Lipinski definition) is 10. The molecule has 0 aliphatic heterocycles. The number of nitrogens with two attached hydrogens (primary N) is 2. The molecule has 0 amide bonds. The molecule has 0 unspecified atom stereocenters. The van der Waals surface area contributed by atoms with Crippen molar-refractivity contribution in [1.29, 1.82) is 0 Å². The van der Waals surface area contributed by atoms with E-state index >= 15 is 0 Å². The average molecular weight is 345 g/mol. The summed E-state index contributed by atoms with van der Waals surface area (Å²) in [5.74, 6) is -4.33. The fourth-order valence-electron chi connectivity index (χ4n) is 0. The number of hydrogen-bond donors (Lipinski definition) is 2. The second-order valence-corrected chi connectivity index (χ2v) is 2.54.